The van der Waals surface area contributed by atoms with E-state index in [0.29, 0.717) is 19.5 Å². The number of carbonyl (C=O) groups is 1. The van der Waals surface area contributed by atoms with E-state index in [2.05, 4.69) is 20.7 Å². The van der Waals surface area contributed by atoms with Crippen LogP contribution < -0.4 is 10.6 Å². The SMILES string of the molecule is O=C(NCCCO)NCc1ccc(-n2cncn2)cc1. The third-order valence-electron chi connectivity index (χ3n) is 2.69. The highest BCUT2D eigenvalue weighted by Crippen LogP contribution is 2.07. The van der Waals surface area contributed by atoms with Gasteiger partial charge in [0.2, 0.25) is 0 Å². The lowest BCUT2D eigenvalue weighted by atomic mass is 10.2. The number of hydrogen-bond acceptors (Lipinski definition) is 4. The van der Waals surface area contributed by atoms with Gasteiger partial charge in [-0.2, -0.15) is 5.10 Å². The highest BCUT2D eigenvalue weighted by atomic mass is 16.3. The summed E-state index contributed by atoms with van der Waals surface area (Å²) in [5.74, 6) is 0. The lowest BCUT2D eigenvalue weighted by Gasteiger charge is -2.07. The molecule has 1 aromatic heterocycles. The topological polar surface area (TPSA) is 92.1 Å². The van der Waals surface area contributed by atoms with Gasteiger partial charge in [-0.1, -0.05) is 12.1 Å². The Kier molecular flexibility index (Phi) is 5.08. The molecule has 0 radical (unpaired) electrons. The molecule has 20 heavy (non-hydrogen) atoms. The summed E-state index contributed by atoms with van der Waals surface area (Å²) in [6.07, 6.45) is 3.66. The first-order chi connectivity index (χ1) is 9.79. The first-order valence-electron chi connectivity index (χ1n) is 6.36. The molecule has 2 aromatic rings. The van der Waals surface area contributed by atoms with Crippen LogP contribution in [0.4, 0.5) is 4.79 Å². The van der Waals surface area contributed by atoms with Gasteiger partial charge in [-0.15, -0.1) is 0 Å². The summed E-state index contributed by atoms with van der Waals surface area (Å²) in [5.41, 5.74) is 1.91. The van der Waals surface area contributed by atoms with E-state index in [1.807, 2.05) is 24.3 Å². The van der Waals surface area contributed by atoms with Crippen LogP contribution in [0.1, 0.15) is 12.0 Å². The van der Waals surface area contributed by atoms with Crippen LogP contribution in [-0.4, -0.2) is 39.1 Å². The molecule has 106 valence electrons. The number of aliphatic hydroxyl groups is 1. The second-order valence-electron chi connectivity index (χ2n) is 4.19. The predicted molar refractivity (Wildman–Crippen MR) is 73.3 cm³/mol. The normalized spacial score (nSPS) is 10.2. The maximum absolute atomic E-state index is 11.4. The summed E-state index contributed by atoms with van der Waals surface area (Å²) in [6, 6.07) is 7.43. The molecule has 0 aliphatic carbocycles. The van der Waals surface area contributed by atoms with Gasteiger partial charge in [-0.25, -0.2) is 14.5 Å². The van der Waals surface area contributed by atoms with Crippen molar-refractivity contribution in [2.75, 3.05) is 13.2 Å². The Balaban J connectivity index is 1.81. The zero-order valence-electron chi connectivity index (χ0n) is 11.0. The second-order valence-corrected chi connectivity index (χ2v) is 4.19. The molecule has 0 saturated heterocycles. The molecular formula is C13H17N5O2. The zero-order valence-corrected chi connectivity index (χ0v) is 11.0. The van der Waals surface area contributed by atoms with E-state index in [0.717, 1.165) is 11.3 Å². The Bertz CT molecular complexity index is 524. The van der Waals surface area contributed by atoms with Crippen molar-refractivity contribution in [2.45, 2.75) is 13.0 Å². The van der Waals surface area contributed by atoms with Crippen molar-refractivity contribution in [1.82, 2.24) is 25.4 Å². The highest BCUT2D eigenvalue weighted by Gasteiger charge is 2.01. The predicted octanol–water partition coefficient (Wildman–Crippen LogP) is 0.449. The Labute approximate surface area is 116 Å². The minimum atomic E-state index is -0.237. The number of hydrogen-bond donors (Lipinski definition) is 3. The molecule has 7 nitrogen and oxygen atoms in total. The molecule has 0 saturated carbocycles. The van der Waals surface area contributed by atoms with Crippen LogP contribution in [0.25, 0.3) is 5.69 Å². The fraction of sp³-hybridized carbons (Fsp3) is 0.308. The minimum Gasteiger partial charge on any atom is -0.396 e. The molecule has 0 fully saturated rings. The van der Waals surface area contributed by atoms with Crippen molar-refractivity contribution in [3.05, 3.63) is 42.5 Å². The number of nitrogens with zero attached hydrogens (tertiary/aromatic N) is 3. The third-order valence-corrected chi connectivity index (χ3v) is 2.69. The molecular weight excluding hydrogens is 258 g/mol. The number of amides is 2. The van der Waals surface area contributed by atoms with Gasteiger partial charge < -0.3 is 15.7 Å². The lowest BCUT2D eigenvalue weighted by molar-refractivity contribution is 0.237. The monoisotopic (exact) mass is 275 g/mol. The molecule has 1 heterocycles. The van der Waals surface area contributed by atoms with Gasteiger partial charge in [-0.3, -0.25) is 0 Å². The van der Waals surface area contributed by atoms with Gasteiger partial charge >= 0.3 is 6.03 Å². The molecule has 0 atom stereocenters. The molecule has 3 N–H and O–H groups in total. The number of carbonyl (C=O) groups excluding carboxylic acids is 1. The Hall–Kier alpha value is -2.41. The first kappa shape index (κ1) is 14.0. The van der Waals surface area contributed by atoms with E-state index in [-0.39, 0.29) is 12.6 Å². The van der Waals surface area contributed by atoms with E-state index in [9.17, 15) is 4.79 Å². The number of rotatable bonds is 6. The minimum absolute atomic E-state index is 0.0734. The quantitative estimate of drug-likeness (QED) is 0.667. The third kappa shape index (κ3) is 4.06. The average Bonchev–Trinajstić information content (AvgIpc) is 3.00. The van der Waals surface area contributed by atoms with Crippen LogP contribution in [0.3, 0.4) is 0 Å². The fourth-order valence-corrected chi connectivity index (χ4v) is 1.63. The molecule has 7 heteroatoms. The molecule has 2 amide bonds. The number of benzene rings is 1. The largest absolute Gasteiger partial charge is 0.396 e. The van der Waals surface area contributed by atoms with Crippen molar-refractivity contribution < 1.29 is 9.90 Å². The van der Waals surface area contributed by atoms with Crippen LogP contribution in [-0.2, 0) is 6.54 Å². The number of nitrogens with one attached hydrogen (secondary N) is 2. The van der Waals surface area contributed by atoms with Crippen molar-refractivity contribution in [1.29, 1.82) is 0 Å². The maximum Gasteiger partial charge on any atom is 0.315 e. The first-order valence-corrected chi connectivity index (χ1v) is 6.36. The van der Waals surface area contributed by atoms with E-state index in [4.69, 9.17) is 5.11 Å². The number of aliphatic hydroxyl groups excluding tert-OH is 1. The van der Waals surface area contributed by atoms with Crippen molar-refractivity contribution in [3.63, 3.8) is 0 Å². The van der Waals surface area contributed by atoms with Crippen LogP contribution >= 0.6 is 0 Å². The summed E-state index contributed by atoms with van der Waals surface area (Å²) in [4.78, 5) is 15.3. The van der Waals surface area contributed by atoms with Crippen molar-refractivity contribution in [2.24, 2.45) is 0 Å². The highest BCUT2D eigenvalue weighted by molar-refractivity contribution is 5.73. The summed E-state index contributed by atoms with van der Waals surface area (Å²) in [7, 11) is 0. The van der Waals surface area contributed by atoms with Crippen molar-refractivity contribution in [3.8, 4) is 5.69 Å². The van der Waals surface area contributed by atoms with Gasteiger partial charge in [0, 0.05) is 19.7 Å². The van der Waals surface area contributed by atoms with E-state index < -0.39 is 0 Å². The van der Waals surface area contributed by atoms with Gasteiger partial charge in [0.25, 0.3) is 0 Å². The van der Waals surface area contributed by atoms with E-state index in [1.54, 1.807) is 11.0 Å². The van der Waals surface area contributed by atoms with Crippen LogP contribution in [0.2, 0.25) is 0 Å². The number of aromatic nitrogens is 3. The fourth-order valence-electron chi connectivity index (χ4n) is 1.63. The Morgan fingerprint density at radius 1 is 1.25 bits per heavy atom. The standard InChI is InChI=1S/C13H17N5O2/c19-7-1-6-15-13(20)16-8-11-2-4-12(5-3-11)18-10-14-9-17-18/h2-5,9-10,19H,1,6-8H2,(H2,15,16,20). The lowest BCUT2D eigenvalue weighted by Crippen LogP contribution is -2.35. The molecule has 0 aliphatic heterocycles. The maximum atomic E-state index is 11.4. The molecule has 0 aliphatic rings. The zero-order chi connectivity index (χ0) is 14.2. The van der Waals surface area contributed by atoms with Crippen LogP contribution in [0, 0.1) is 0 Å². The Morgan fingerprint density at radius 2 is 2.05 bits per heavy atom. The smallest absolute Gasteiger partial charge is 0.315 e. The van der Waals surface area contributed by atoms with E-state index in [1.165, 1.54) is 6.33 Å². The van der Waals surface area contributed by atoms with Crippen LogP contribution in [0.15, 0.2) is 36.9 Å². The molecule has 0 spiro atoms. The average molecular weight is 275 g/mol. The van der Waals surface area contributed by atoms with Gasteiger partial charge in [0.1, 0.15) is 12.7 Å². The van der Waals surface area contributed by atoms with Gasteiger partial charge in [-0.05, 0) is 24.1 Å². The van der Waals surface area contributed by atoms with Gasteiger partial charge in [0.05, 0.1) is 5.69 Å². The number of urea groups is 1. The second kappa shape index (κ2) is 7.25. The summed E-state index contributed by atoms with van der Waals surface area (Å²) in [6.45, 7) is 0.986. The summed E-state index contributed by atoms with van der Waals surface area (Å²) in [5, 5.41) is 18.0. The summed E-state index contributed by atoms with van der Waals surface area (Å²) < 4.78 is 1.67. The summed E-state index contributed by atoms with van der Waals surface area (Å²) >= 11 is 0. The Morgan fingerprint density at radius 3 is 2.70 bits per heavy atom. The molecule has 0 bridgehead atoms. The van der Waals surface area contributed by atoms with E-state index >= 15 is 0 Å². The van der Waals surface area contributed by atoms with Crippen LogP contribution in [0.5, 0.6) is 0 Å². The molecule has 0 unspecified atom stereocenters. The van der Waals surface area contributed by atoms with Crippen molar-refractivity contribution >= 4 is 6.03 Å². The van der Waals surface area contributed by atoms with Gasteiger partial charge in [0.15, 0.2) is 0 Å². The molecule has 1 aromatic carbocycles. The molecule has 2 rings (SSSR count).